The van der Waals surface area contributed by atoms with Crippen LogP contribution in [0.4, 0.5) is 5.82 Å². The van der Waals surface area contributed by atoms with Gasteiger partial charge in [0.25, 0.3) is 11.7 Å². The third-order valence-corrected chi connectivity index (χ3v) is 3.89. The van der Waals surface area contributed by atoms with Crippen LogP contribution in [-0.2, 0) is 0 Å². The van der Waals surface area contributed by atoms with E-state index in [2.05, 4.69) is 25.7 Å². The Labute approximate surface area is 140 Å². The molecule has 24 heavy (non-hydrogen) atoms. The Kier molecular flexibility index (Phi) is 4.41. The van der Waals surface area contributed by atoms with E-state index < -0.39 is 0 Å². The summed E-state index contributed by atoms with van der Waals surface area (Å²) in [5, 5.41) is 10.4. The summed E-state index contributed by atoms with van der Waals surface area (Å²) in [6, 6.07) is 7.53. The van der Waals surface area contributed by atoms with Crippen LogP contribution in [0.15, 0.2) is 30.6 Å². The molecule has 1 amide bonds. The Bertz CT molecular complexity index is 886. The first-order valence-corrected chi connectivity index (χ1v) is 7.82. The minimum absolute atomic E-state index is 0.0750. The maximum atomic E-state index is 12.1. The standard InChI is InChI=1S/C17H20N6O/c1-11-5-4-6-14(9-11)16(24)19-8-7-18-15-12(2)13(3)22-17-20-10-21-23(15)17/h4-6,9-10,18H,7-8H2,1-3H3,(H,19,24). The number of anilines is 1. The Balaban J connectivity index is 1.62. The van der Waals surface area contributed by atoms with Gasteiger partial charge in [-0.05, 0) is 32.9 Å². The lowest BCUT2D eigenvalue weighted by Crippen LogP contribution is -2.29. The fourth-order valence-corrected chi connectivity index (χ4v) is 2.49. The lowest BCUT2D eigenvalue weighted by molar-refractivity contribution is 0.0955. The molecule has 2 N–H and O–H groups in total. The van der Waals surface area contributed by atoms with Crippen LogP contribution >= 0.6 is 0 Å². The molecule has 0 aliphatic carbocycles. The summed E-state index contributed by atoms with van der Waals surface area (Å²) in [7, 11) is 0. The molecule has 0 saturated heterocycles. The van der Waals surface area contributed by atoms with Crippen molar-refractivity contribution in [2.24, 2.45) is 0 Å². The number of aromatic nitrogens is 4. The zero-order valence-electron chi connectivity index (χ0n) is 14.0. The van der Waals surface area contributed by atoms with Gasteiger partial charge in [-0.3, -0.25) is 4.79 Å². The van der Waals surface area contributed by atoms with E-state index in [1.165, 1.54) is 6.33 Å². The molecule has 0 aliphatic rings. The number of amides is 1. The third kappa shape index (κ3) is 3.19. The molecule has 0 bridgehead atoms. The molecular formula is C17H20N6O. The number of hydrogen-bond acceptors (Lipinski definition) is 5. The van der Waals surface area contributed by atoms with E-state index in [0.29, 0.717) is 24.4 Å². The van der Waals surface area contributed by atoms with E-state index in [1.807, 2.05) is 45.0 Å². The maximum absolute atomic E-state index is 12.1. The highest BCUT2D eigenvalue weighted by Crippen LogP contribution is 2.17. The fraction of sp³-hybridized carbons (Fsp3) is 0.294. The van der Waals surface area contributed by atoms with Gasteiger partial charge in [-0.15, -0.1) is 0 Å². The monoisotopic (exact) mass is 324 g/mol. The van der Waals surface area contributed by atoms with Crippen LogP contribution in [0.3, 0.4) is 0 Å². The summed E-state index contributed by atoms with van der Waals surface area (Å²) in [4.78, 5) is 20.6. The molecule has 0 saturated carbocycles. The quantitative estimate of drug-likeness (QED) is 0.700. The molecule has 124 valence electrons. The number of benzene rings is 1. The van der Waals surface area contributed by atoms with E-state index in [9.17, 15) is 4.79 Å². The molecule has 0 aliphatic heterocycles. The Morgan fingerprint density at radius 2 is 2.04 bits per heavy atom. The van der Waals surface area contributed by atoms with Crippen molar-refractivity contribution in [3.63, 3.8) is 0 Å². The summed E-state index contributed by atoms with van der Waals surface area (Å²) in [5.41, 5.74) is 3.65. The van der Waals surface area contributed by atoms with Crippen LogP contribution < -0.4 is 10.6 Å². The van der Waals surface area contributed by atoms with Crippen molar-refractivity contribution in [3.05, 3.63) is 53.0 Å². The van der Waals surface area contributed by atoms with Gasteiger partial charge in [-0.1, -0.05) is 17.7 Å². The van der Waals surface area contributed by atoms with Crippen molar-refractivity contribution in [3.8, 4) is 0 Å². The number of nitrogens with one attached hydrogen (secondary N) is 2. The van der Waals surface area contributed by atoms with Gasteiger partial charge >= 0.3 is 0 Å². The molecule has 3 rings (SSSR count). The van der Waals surface area contributed by atoms with Crippen LogP contribution in [-0.4, -0.2) is 38.6 Å². The predicted octanol–water partition coefficient (Wildman–Crippen LogP) is 1.89. The highest BCUT2D eigenvalue weighted by atomic mass is 16.1. The van der Waals surface area contributed by atoms with Crippen molar-refractivity contribution in [2.75, 3.05) is 18.4 Å². The first-order valence-electron chi connectivity index (χ1n) is 7.82. The molecule has 0 fully saturated rings. The molecule has 1 aromatic carbocycles. The summed E-state index contributed by atoms with van der Waals surface area (Å²) >= 11 is 0. The first-order chi connectivity index (χ1) is 11.6. The smallest absolute Gasteiger partial charge is 0.254 e. The lowest BCUT2D eigenvalue weighted by Gasteiger charge is -2.13. The van der Waals surface area contributed by atoms with Crippen LogP contribution in [0.25, 0.3) is 5.78 Å². The molecule has 7 heteroatoms. The average Bonchev–Trinajstić information content (AvgIpc) is 3.02. The first kappa shape index (κ1) is 15.9. The van der Waals surface area contributed by atoms with Gasteiger partial charge in [0.15, 0.2) is 0 Å². The molecule has 0 spiro atoms. The highest BCUT2D eigenvalue weighted by Gasteiger charge is 2.10. The van der Waals surface area contributed by atoms with E-state index >= 15 is 0 Å². The molecular weight excluding hydrogens is 304 g/mol. The topological polar surface area (TPSA) is 84.2 Å². The zero-order valence-corrected chi connectivity index (χ0v) is 14.0. The Morgan fingerprint density at radius 3 is 2.83 bits per heavy atom. The second-order valence-electron chi connectivity index (χ2n) is 5.69. The zero-order chi connectivity index (χ0) is 17.1. The largest absolute Gasteiger partial charge is 0.368 e. The second-order valence-corrected chi connectivity index (χ2v) is 5.69. The van der Waals surface area contributed by atoms with Crippen molar-refractivity contribution in [1.29, 1.82) is 0 Å². The summed E-state index contributed by atoms with van der Waals surface area (Å²) in [5.74, 6) is 1.33. The third-order valence-electron chi connectivity index (χ3n) is 3.89. The van der Waals surface area contributed by atoms with E-state index in [1.54, 1.807) is 4.52 Å². The molecule has 0 atom stereocenters. The lowest BCUT2D eigenvalue weighted by atomic mass is 10.1. The SMILES string of the molecule is Cc1cccc(C(=O)NCCNc2c(C)c(C)nc3ncnn23)c1. The van der Waals surface area contributed by atoms with Gasteiger partial charge in [0, 0.05) is 29.9 Å². The number of aryl methyl sites for hydroxylation is 2. The minimum Gasteiger partial charge on any atom is -0.368 e. The number of carbonyl (C=O) groups excluding carboxylic acids is 1. The molecule has 0 radical (unpaired) electrons. The van der Waals surface area contributed by atoms with Crippen molar-refractivity contribution in [2.45, 2.75) is 20.8 Å². The minimum atomic E-state index is -0.0750. The maximum Gasteiger partial charge on any atom is 0.254 e. The van der Waals surface area contributed by atoms with Gasteiger partial charge < -0.3 is 10.6 Å². The van der Waals surface area contributed by atoms with Crippen LogP contribution in [0.2, 0.25) is 0 Å². The van der Waals surface area contributed by atoms with Crippen LogP contribution in [0, 0.1) is 20.8 Å². The van der Waals surface area contributed by atoms with Gasteiger partial charge in [-0.2, -0.15) is 14.6 Å². The number of carbonyl (C=O) groups is 1. The molecule has 2 heterocycles. The van der Waals surface area contributed by atoms with Crippen molar-refractivity contribution in [1.82, 2.24) is 24.9 Å². The number of nitrogens with zero attached hydrogens (tertiary/aromatic N) is 4. The predicted molar refractivity (Wildman–Crippen MR) is 92.3 cm³/mol. The fourth-order valence-electron chi connectivity index (χ4n) is 2.49. The van der Waals surface area contributed by atoms with Gasteiger partial charge in [0.1, 0.15) is 12.1 Å². The number of fused-ring (bicyclic) bond motifs is 1. The van der Waals surface area contributed by atoms with Gasteiger partial charge in [0.2, 0.25) is 0 Å². The summed E-state index contributed by atoms with van der Waals surface area (Å²) in [6.45, 7) is 6.97. The van der Waals surface area contributed by atoms with E-state index in [0.717, 1.165) is 22.6 Å². The van der Waals surface area contributed by atoms with Crippen LogP contribution in [0.5, 0.6) is 0 Å². The summed E-state index contributed by atoms with van der Waals surface area (Å²) in [6.07, 6.45) is 1.48. The van der Waals surface area contributed by atoms with E-state index in [-0.39, 0.29) is 5.91 Å². The molecule has 7 nitrogen and oxygen atoms in total. The normalized spacial score (nSPS) is 10.8. The van der Waals surface area contributed by atoms with Crippen molar-refractivity contribution >= 4 is 17.5 Å². The summed E-state index contributed by atoms with van der Waals surface area (Å²) < 4.78 is 1.67. The second kappa shape index (κ2) is 6.66. The van der Waals surface area contributed by atoms with Gasteiger partial charge in [0.05, 0.1) is 0 Å². The molecule has 0 unspecified atom stereocenters. The Hall–Kier alpha value is -2.96. The van der Waals surface area contributed by atoms with Crippen LogP contribution in [0.1, 0.15) is 27.2 Å². The van der Waals surface area contributed by atoms with Crippen molar-refractivity contribution < 1.29 is 4.79 Å². The van der Waals surface area contributed by atoms with Gasteiger partial charge in [-0.25, -0.2) is 4.98 Å². The molecule has 2 aromatic heterocycles. The Morgan fingerprint density at radius 1 is 1.21 bits per heavy atom. The number of hydrogen-bond donors (Lipinski definition) is 2. The highest BCUT2D eigenvalue weighted by molar-refractivity contribution is 5.94. The average molecular weight is 324 g/mol. The molecule has 3 aromatic rings. The number of rotatable bonds is 5. The van der Waals surface area contributed by atoms with E-state index in [4.69, 9.17) is 0 Å².